The number of nitrogens with one attached hydrogen (secondary N) is 1. The summed E-state index contributed by atoms with van der Waals surface area (Å²) >= 11 is 0. The quantitative estimate of drug-likeness (QED) is 0.766. The zero-order valence-electron chi connectivity index (χ0n) is 11.0. The average Bonchev–Trinajstić information content (AvgIpc) is 2.27. The smallest absolute Gasteiger partial charge is 0.407 e. The lowest BCUT2D eigenvalue weighted by molar-refractivity contribution is -0.138. The minimum absolute atomic E-state index is 0.0253. The molecule has 2 N–H and O–H groups in total. The van der Waals surface area contributed by atoms with Crippen molar-refractivity contribution in [3.05, 3.63) is 0 Å². The van der Waals surface area contributed by atoms with E-state index in [2.05, 4.69) is 12.2 Å². The Morgan fingerprint density at radius 1 is 1.39 bits per heavy atom. The fourth-order valence-corrected chi connectivity index (χ4v) is 2.36. The van der Waals surface area contributed by atoms with Crippen LogP contribution < -0.4 is 5.32 Å². The number of nitrogens with zero attached hydrogens (tertiary/aromatic N) is 1. The number of hydrogen-bond donors (Lipinski definition) is 2. The molecule has 1 amide bonds. The summed E-state index contributed by atoms with van der Waals surface area (Å²) in [5.41, 5.74) is 0. The van der Waals surface area contributed by atoms with Crippen molar-refractivity contribution < 1.29 is 19.4 Å². The molecule has 0 aromatic rings. The van der Waals surface area contributed by atoms with Crippen LogP contribution in [0.2, 0.25) is 0 Å². The fraction of sp³-hybridized carbons (Fsp3) is 0.833. The molecule has 0 saturated carbocycles. The highest BCUT2D eigenvalue weighted by atomic mass is 16.5. The Bertz CT molecular complexity index is 296. The Balaban J connectivity index is 2.51. The van der Waals surface area contributed by atoms with E-state index in [4.69, 9.17) is 9.84 Å². The molecule has 18 heavy (non-hydrogen) atoms. The first kappa shape index (κ1) is 14.8. The van der Waals surface area contributed by atoms with Crippen LogP contribution in [0.5, 0.6) is 0 Å². The van der Waals surface area contributed by atoms with Crippen LogP contribution in [-0.2, 0) is 9.53 Å². The highest BCUT2D eigenvalue weighted by Crippen LogP contribution is 2.19. The summed E-state index contributed by atoms with van der Waals surface area (Å²) in [6.45, 7) is 5.56. The third-order valence-electron chi connectivity index (χ3n) is 3.15. The molecule has 2 unspecified atom stereocenters. The summed E-state index contributed by atoms with van der Waals surface area (Å²) in [5, 5.41) is 11.6. The summed E-state index contributed by atoms with van der Waals surface area (Å²) < 4.78 is 4.84. The van der Waals surface area contributed by atoms with Crippen LogP contribution in [0.25, 0.3) is 0 Å². The van der Waals surface area contributed by atoms with Gasteiger partial charge in [-0.1, -0.05) is 13.3 Å². The van der Waals surface area contributed by atoms with E-state index in [1.54, 1.807) is 6.92 Å². The molecular formula is C12H22N2O4. The van der Waals surface area contributed by atoms with Crippen LogP contribution >= 0.6 is 0 Å². The summed E-state index contributed by atoms with van der Waals surface area (Å²) in [7, 11) is 0. The van der Waals surface area contributed by atoms with Crippen LogP contribution in [0.1, 0.15) is 26.7 Å². The molecule has 0 aliphatic carbocycles. The molecule has 1 fully saturated rings. The second-order valence-electron chi connectivity index (χ2n) is 4.66. The molecule has 6 heteroatoms. The SMILES string of the molecule is CCOC(=O)NC1CC(CC)CN(CC(=O)O)C1. The van der Waals surface area contributed by atoms with Gasteiger partial charge in [0.2, 0.25) is 0 Å². The first-order chi connectivity index (χ1) is 8.55. The molecule has 0 radical (unpaired) electrons. The van der Waals surface area contributed by atoms with Crippen LogP contribution in [0, 0.1) is 5.92 Å². The topological polar surface area (TPSA) is 78.9 Å². The number of carboxylic acid groups (broad SMARTS) is 1. The monoisotopic (exact) mass is 258 g/mol. The molecule has 104 valence electrons. The van der Waals surface area contributed by atoms with E-state index in [-0.39, 0.29) is 12.6 Å². The minimum atomic E-state index is -0.832. The summed E-state index contributed by atoms with van der Waals surface area (Å²) in [4.78, 5) is 24.0. The molecule has 1 heterocycles. The van der Waals surface area contributed by atoms with Gasteiger partial charge in [-0.15, -0.1) is 0 Å². The van der Waals surface area contributed by atoms with E-state index in [1.165, 1.54) is 0 Å². The van der Waals surface area contributed by atoms with E-state index >= 15 is 0 Å². The highest BCUT2D eigenvalue weighted by Gasteiger charge is 2.28. The third-order valence-corrected chi connectivity index (χ3v) is 3.15. The van der Waals surface area contributed by atoms with Gasteiger partial charge < -0.3 is 15.2 Å². The fourth-order valence-electron chi connectivity index (χ4n) is 2.36. The zero-order valence-corrected chi connectivity index (χ0v) is 11.0. The molecule has 1 aliphatic rings. The molecule has 1 rings (SSSR count). The van der Waals surface area contributed by atoms with Gasteiger partial charge in [0.25, 0.3) is 0 Å². The van der Waals surface area contributed by atoms with Crippen molar-refractivity contribution in [2.45, 2.75) is 32.7 Å². The van der Waals surface area contributed by atoms with Gasteiger partial charge in [0.1, 0.15) is 0 Å². The maximum atomic E-state index is 11.4. The number of rotatable bonds is 5. The number of alkyl carbamates (subject to hydrolysis) is 1. The molecule has 1 aliphatic heterocycles. The van der Waals surface area contributed by atoms with Gasteiger partial charge in [0, 0.05) is 19.1 Å². The number of amides is 1. The Morgan fingerprint density at radius 3 is 2.67 bits per heavy atom. The van der Waals surface area contributed by atoms with Gasteiger partial charge in [0.05, 0.1) is 13.2 Å². The van der Waals surface area contributed by atoms with E-state index < -0.39 is 12.1 Å². The molecule has 6 nitrogen and oxygen atoms in total. The lowest BCUT2D eigenvalue weighted by atomic mass is 9.92. The predicted molar refractivity (Wildman–Crippen MR) is 66.4 cm³/mol. The van der Waals surface area contributed by atoms with Crippen molar-refractivity contribution in [3.8, 4) is 0 Å². The zero-order chi connectivity index (χ0) is 13.5. The minimum Gasteiger partial charge on any atom is -0.480 e. The van der Waals surface area contributed by atoms with Crippen molar-refractivity contribution in [3.63, 3.8) is 0 Å². The molecule has 0 aromatic heterocycles. The van der Waals surface area contributed by atoms with Crippen LogP contribution in [0.4, 0.5) is 4.79 Å². The normalized spacial score (nSPS) is 24.6. The van der Waals surface area contributed by atoms with Crippen molar-refractivity contribution >= 4 is 12.1 Å². The van der Waals surface area contributed by atoms with Gasteiger partial charge in [0.15, 0.2) is 0 Å². The standard InChI is InChI=1S/C12H22N2O4/c1-3-9-5-10(13-12(17)18-4-2)7-14(6-9)8-11(15)16/h9-10H,3-8H2,1-2H3,(H,13,17)(H,15,16). The number of piperidine rings is 1. The number of carboxylic acids is 1. The number of ether oxygens (including phenoxy) is 1. The molecule has 0 spiro atoms. The van der Waals surface area contributed by atoms with E-state index in [0.717, 1.165) is 19.4 Å². The summed E-state index contributed by atoms with van der Waals surface area (Å²) in [6, 6.07) is -0.0258. The second kappa shape index (κ2) is 7.20. The number of likely N-dealkylation sites (tertiary alicyclic amines) is 1. The second-order valence-corrected chi connectivity index (χ2v) is 4.66. The van der Waals surface area contributed by atoms with Crippen molar-refractivity contribution in [1.82, 2.24) is 10.2 Å². The van der Waals surface area contributed by atoms with Crippen LogP contribution in [-0.4, -0.2) is 54.4 Å². The number of hydrogen-bond acceptors (Lipinski definition) is 4. The highest BCUT2D eigenvalue weighted by molar-refractivity contribution is 5.69. The van der Waals surface area contributed by atoms with Gasteiger partial charge >= 0.3 is 12.1 Å². The Kier molecular flexibility index (Phi) is 5.91. The largest absolute Gasteiger partial charge is 0.480 e. The first-order valence-electron chi connectivity index (χ1n) is 6.42. The molecule has 0 aromatic carbocycles. The average molecular weight is 258 g/mol. The lowest BCUT2D eigenvalue weighted by Crippen LogP contribution is -2.51. The van der Waals surface area contributed by atoms with Gasteiger partial charge in [-0.2, -0.15) is 0 Å². The molecule has 1 saturated heterocycles. The third kappa shape index (κ3) is 4.91. The summed E-state index contributed by atoms with van der Waals surface area (Å²) in [5.74, 6) is -0.410. The molecule has 2 atom stereocenters. The lowest BCUT2D eigenvalue weighted by Gasteiger charge is -2.36. The Labute approximate surface area is 107 Å². The summed E-state index contributed by atoms with van der Waals surface area (Å²) in [6.07, 6.45) is 1.44. The van der Waals surface area contributed by atoms with Gasteiger partial charge in [-0.05, 0) is 19.3 Å². The van der Waals surface area contributed by atoms with Crippen LogP contribution in [0.15, 0.2) is 0 Å². The number of aliphatic carboxylic acids is 1. The predicted octanol–water partition coefficient (Wildman–Crippen LogP) is 0.918. The van der Waals surface area contributed by atoms with Crippen molar-refractivity contribution in [2.24, 2.45) is 5.92 Å². The maximum absolute atomic E-state index is 11.4. The van der Waals surface area contributed by atoms with Crippen molar-refractivity contribution in [2.75, 3.05) is 26.2 Å². The van der Waals surface area contributed by atoms with Gasteiger partial charge in [-0.3, -0.25) is 9.69 Å². The number of carbonyl (C=O) groups is 2. The van der Waals surface area contributed by atoms with Crippen LogP contribution in [0.3, 0.4) is 0 Å². The maximum Gasteiger partial charge on any atom is 0.407 e. The first-order valence-corrected chi connectivity index (χ1v) is 6.42. The van der Waals surface area contributed by atoms with E-state index in [9.17, 15) is 9.59 Å². The molecular weight excluding hydrogens is 236 g/mol. The molecule has 0 bridgehead atoms. The Morgan fingerprint density at radius 2 is 2.11 bits per heavy atom. The Hall–Kier alpha value is -1.30. The van der Waals surface area contributed by atoms with E-state index in [1.807, 2.05) is 4.90 Å². The van der Waals surface area contributed by atoms with Crippen molar-refractivity contribution in [1.29, 1.82) is 0 Å². The number of carbonyl (C=O) groups excluding carboxylic acids is 1. The van der Waals surface area contributed by atoms with E-state index in [0.29, 0.717) is 19.1 Å². The van der Waals surface area contributed by atoms with Gasteiger partial charge in [-0.25, -0.2) is 4.79 Å².